The molecule has 2 aromatic carbocycles. The number of hydrogen-bond donors (Lipinski definition) is 0. The van der Waals surface area contributed by atoms with Gasteiger partial charge in [0.15, 0.2) is 0 Å². The van der Waals surface area contributed by atoms with Crippen molar-refractivity contribution in [3.63, 3.8) is 0 Å². The molecule has 2 rings (SSSR count). The first-order chi connectivity index (χ1) is 9.70. The van der Waals surface area contributed by atoms with E-state index in [0.29, 0.717) is 18.8 Å². The maximum absolute atomic E-state index is 9.15. The number of hydrogen-bond acceptors (Lipinski definition) is 3. The van der Waals surface area contributed by atoms with Gasteiger partial charge in [-0.3, -0.25) is 0 Å². The van der Waals surface area contributed by atoms with E-state index in [1.807, 2.05) is 67.5 Å². The minimum absolute atomic E-state index is 0.444. The molecule has 0 saturated heterocycles. The predicted molar refractivity (Wildman–Crippen MR) is 80.4 cm³/mol. The van der Waals surface area contributed by atoms with Gasteiger partial charge in [0.05, 0.1) is 24.8 Å². The monoisotopic (exact) mass is 266 g/mol. The van der Waals surface area contributed by atoms with Gasteiger partial charge < -0.3 is 9.64 Å². The second kappa shape index (κ2) is 6.74. The fraction of sp³-hybridized carbons (Fsp3) is 0.235. The topological polar surface area (TPSA) is 36.3 Å². The predicted octanol–water partition coefficient (Wildman–Crippen LogP) is 3.34. The molecular formula is C17H18N2O. The summed E-state index contributed by atoms with van der Waals surface area (Å²) in [7, 11) is 3.96. The average Bonchev–Trinajstić information content (AvgIpc) is 2.48. The molecule has 0 N–H and O–H groups in total. The lowest BCUT2D eigenvalue weighted by Gasteiger charge is -2.14. The molecule has 0 bridgehead atoms. The fourth-order valence-corrected chi connectivity index (χ4v) is 1.94. The third-order valence-electron chi connectivity index (χ3n) is 3.09. The molecule has 0 atom stereocenters. The lowest BCUT2D eigenvalue weighted by molar-refractivity contribution is 0.107. The highest BCUT2D eigenvalue weighted by Crippen LogP contribution is 2.19. The number of benzene rings is 2. The lowest BCUT2D eigenvalue weighted by atomic mass is 10.1. The molecule has 0 unspecified atom stereocenters. The zero-order valence-corrected chi connectivity index (χ0v) is 11.8. The molecule has 102 valence electrons. The summed E-state index contributed by atoms with van der Waals surface area (Å²) in [6.45, 7) is 0.997. The van der Waals surface area contributed by atoms with Crippen molar-refractivity contribution < 1.29 is 4.74 Å². The van der Waals surface area contributed by atoms with E-state index in [1.165, 1.54) is 0 Å². The highest BCUT2D eigenvalue weighted by Gasteiger charge is 2.05. The van der Waals surface area contributed by atoms with Crippen molar-refractivity contribution in [1.29, 1.82) is 5.26 Å². The van der Waals surface area contributed by atoms with Crippen LogP contribution in [0.15, 0.2) is 48.5 Å². The standard InChI is InChI=1S/C17H18N2O/c1-19(2)17-9-8-15(11-18)16(10-17)13-20-12-14-6-4-3-5-7-14/h3-10H,12-13H2,1-2H3. The maximum Gasteiger partial charge on any atom is 0.0995 e. The van der Waals surface area contributed by atoms with Gasteiger partial charge in [0.2, 0.25) is 0 Å². The zero-order chi connectivity index (χ0) is 14.4. The largest absolute Gasteiger partial charge is 0.378 e. The van der Waals surface area contributed by atoms with E-state index in [-0.39, 0.29) is 0 Å². The van der Waals surface area contributed by atoms with Crippen LogP contribution in [0.1, 0.15) is 16.7 Å². The Bertz CT molecular complexity index is 600. The van der Waals surface area contributed by atoms with E-state index in [4.69, 9.17) is 10.00 Å². The highest BCUT2D eigenvalue weighted by molar-refractivity contribution is 5.52. The minimum atomic E-state index is 0.444. The molecule has 0 fully saturated rings. The molecule has 2 aromatic rings. The van der Waals surface area contributed by atoms with Gasteiger partial charge in [-0.2, -0.15) is 5.26 Å². The van der Waals surface area contributed by atoms with E-state index >= 15 is 0 Å². The van der Waals surface area contributed by atoms with Gasteiger partial charge in [0, 0.05) is 19.8 Å². The molecule has 0 aliphatic heterocycles. The summed E-state index contributed by atoms with van der Waals surface area (Å²) in [5.74, 6) is 0. The van der Waals surface area contributed by atoms with E-state index in [2.05, 4.69) is 6.07 Å². The van der Waals surface area contributed by atoms with Crippen molar-refractivity contribution in [3.05, 3.63) is 65.2 Å². The zero-order valence-electron chi connectivity index (χ0n) is 11.8. The first kappa shape index (κ1) is 14.1. The number of ether oxygens (including phenoxy) is 1. The van der Waals surface area contributed by atoms with E-state index < -0.39 is 0 Å². The molecule has 0 saturated carbocycles. The molecule has 0 aromatic heterocycles. The second-order valence-corrected chi connectivity index (χ2v) is 4.83. The summed E-state index contributed by atoms with van der Waals surface area (Å²) in [5.41, 5.74) is 3.80. The second-order valence-electron chi connectivity index (χ2n) is 4.83. The van der Waals surface area contributed by atoms with Gasteiger partial charge in [-0.15, -0.1) is 0 Å². The fourth-order valence-electron chi connectivity index (χ4n) is 1.94. The summed E-state index contributed by atoms with van der Waals surface area (Å²) in [6.07, 6.45) is 0. The first-order valence-corrected chi connectivity index (χ1v) is 6.52. The van der Waals surface area contributed by atoms with Gasteiger partial charge in [-0.25, -0.2) is 0 Å². The number of nitriles is 1. The summed E-state index contributed by atoms with van der Waals surface area (Å²) in [4.78, 5) is 2.02. The van der Waals surface area contributed by atoms with Crippen molar-refractivity contribution in [2.24, 2.45) is 0 Å². The molecule has 0 aliphatic carbocycles. The molecule has 20 heavy (non-hydrogen) atoms. The third kappa shape index (κ3) is 3.59. The number of rotatable bonds is 5. The Morgan fingerprint density at radius 1 is 1.05 bits per heavy atom. The van der Waals surface area contributed by atoms with Gasteiger partial charge in [0.1, 0.15) is 0 Å². The van der Waals surface area contributed by atoms with E-state index in [9.17, 15) is 0 Å². The van der Waals surface area contributed by atoms with Crippen LogP contribution in [-0.4, -0.2) is 14.1 Å². The van der Waals surface area contributed by atoms with Crippen LogP contribution in [0.5, 0.6) is 0 Å². The SMILES string of the molecule is CN(C)c1ccc(C#N)c(COCc2ccccc2)c1. The normalized spacial score (nSPS) is 10.1. The average molecular weight is 266 g/mol. The van der Waals surface area contributed by atoms with Crippen LogP contribution in [0, 0.1) is 11.3 Å². The van der Waals surface area contributed by atoms with Crippen molar-refractivity contribution in [1.82, 2.24) is 0 Å². The number of nitrogens with zero attached hydrogens (tertiary/aromatic N) is 2. The van der Waals surface area contributed by atoms with Crippen LogP contribution in [0.2, 0.25) is 0 Å². The van der Waals surface area contributed by atoms with Gasteiger partial charge in [0.25, 0.3) is 0 Å². The first-order valence-electron chi connectivity index (χ1n) is 6.52. The van der Waals surface area contributed by atoms with Gasteiger partial charge in [-0.05, 0) is 29.3 Å². The van der Waals surface area contributed by atoms with Crippen molar-refractivity contribution in [2.45, 2.75) is 13.2 Å². The Morgan fingerprint density at radius 2 is 1.80 bits per heavy atom. The summed E-state index contributed by atoms with van der Waals surface area (Å²) in [6, 6.07) is 18.0. The van der Waals surface area contributed by atoms with Crippen LogP contribution in [0.3, 0.4) is 0 Å². The quantitative estimate of drug-likeness (QED) is 0.832. The molecule has 0 heterocycles. The maximum atomic E-state index is 9.15. The molecule has 0 spiro atoms. The van der Waals surface area contributed by atoms with Crippen molar-refractivity contribution in [3.8, 4) is 6.07 Å². The van der Waals surface area contributed by atoms with Gasteiger partial charge >= 0.3 is 0 Å². The molecule has 3 heteroatoms. The van der Waals surface area contributed by atoms with Crippen LogP contribution < -0.4 is 4.90 Å². The molecule has 0 amide bonds. The molecule has 3 nitrogen and oxygen atoms in total. The lowest BCUT2D eigenvalue weighted by Crippen LogP contribution is -2.09. The minimum Gasteiger partial charge on any atom is -0.378 e. The number of anilines is 1. The Kier molecular flexibility index (Phi) is 4.75. The molecule has 0 aliphatic rings. The van der Waals surface area contributed by atoms with Crippen LogP contribution >= 0.6 is 0 Å². The molecular weight excluding hydrogens is 248 g/mol. The Hall–Kier alpha value is -2.31. The van der Waals surface area contributed by atoms with Crippen LogP contribution in [-0.2, 0) is 18.0 Å². The molecule has 0 radical (unpaired) electrons. The van der Waals surface area contributed by atoms with Gasteiger partial charge in [-0.1, -0.05) is 30.3 Å². The summed E-state index contributed by atoms with van der Waals surface area (Å²) >= 11 is 0. The van der Waals surface area contributed by atoms with E-state index in [1.54, 1.807) is 0 Å². The Balaban J connectivity index is 2.05. The highest BCUT2D eigenvalue weighted by atomic mass is 16.5. The van der Waals surface area contributed by atoms with E-state index in [0.717, 1.165) is 16.8 Å². The third-order valence-corrected chi connectivity index (χ3v) is 3.09. The van der Waals surface area contributed by atoms with Crippen molar-refractivity contribution >= 4 is 5.69 Å². The van der Waals surface area contributed by atoms with Crippen molar-refractivity contribution in [2.75, 3.05) is 19.0 Å². The Labute approximate surface area is 120 Å². The summed E-state index contributed by atoms with van der Waals surface area (Å²) < 4.78 is 5.71. The van der Waals surface area contributed by atoms with Crippen LogP contribution in [0.4, 0.5) is 5.69 Å². The summed E-state index contributed by atoms with van der Waals surface area (Å²) in [5, 5.41) is 9.15. The van der Waals surface area contributed by atoms with Crippen LogP contribution in [0.25, 0.3) is 0 Å². The Morgan fingerprint density at radius 3 is 2.45 bits per heavy atom. The smallest absolute Gasteiger partial charge is 0.0995 e.